The Kier molecular flexibility index (Phi) is 2.95. The van der Waals surface area contributed by atoms with Gasteiger partial charge in [-0.3, -0.25) is 30.3 Å². The summed E-state index contributed by atoms with van der Waals surface area (Å²) < 4.78 is 0. The summed E-state index contributed by atoms with van der Waals surface area (Å²) in [5.74, 6) is 0. The van der Waals surface area contributed by atoms with E-state index in [2.05, 4.69) is 0 Å². The fraction of sp³-hybridized carbons (Fsp3) is 0.200. The Morgan fingerprint density at radius 3 is 2.16 bits per heavy atom. The highest BCUT2D eigenvalue weighted by atomic mass is 16.7. The number of nitro groups is 3. The monoisotopic (exact) mass is 265 g/mol. The van der Waals surface area contributed by atoms with Gasteiger partial charge in [-0.2, -0.15) is 0 Å². The van der Waals surface area contributed by atoms with Gasteiger partial charge < -0.3 is 0 Å². The van der Waals surface area contributed by atoms with E-state index in [1.165, 1.54) is 18.2 Å². The van der Waals surface area contributed by atoms with Crippen molar-refractivity contribution >= 4 is 0 Å². The minimum absolute atomic E-state index is 0.129. The van der Waals surface area contributed by atoms with Crippen molar-refractivity contribution in [3.05, 3.63) is 77.1 Å². The lowest BCUT2D eigenvalue weighted by atomic mass is 9.89. The molecule has 0 N–H and O–H groups in total. The number of nitrogens with zero attached hydrogens (tertiary/aromatic N) is 3. The van der Waals surface area contributed by atoms with Gasteiger partial charge in [0, 0.05) is 10.5 Å². The molecule has 0 saturated carbocycles. The second kappa shape index (κ2) is 4.44. The van der Waals surface area contributed by atoms with Crippen molar-refractivity contribution in [1.82, 2.24) is 0 Å². The molecule has 9 heteroatoms. The fourth-order valence-electron chi connectivity index (χ4n) is 2.11. The third kappa shape index (κ3) is 2.01. The Balaban J connectivity index is 2.72. The van der Waals surface area contributed by atoms with E-state index in [9.17, 15) is 30.3 Å². The molecule has 9 nitrogen and oxygen atoms in total. The van der Waals surface area contributed by atoms with Gasteiger partial charge in [0.1, 0.15) is 0 Å². The zero-order chi connectivity index (χ0) is 14.2. The van der Waals surface area contributed by atoms with E-state index >= 15 is 0 Å². The van der Waals surface area contributed by atoms with Crippen LogP contribution in [0.5, 0.6) is 0 Å². The first-order chi connectivity index (χ1) is 8.93. The predicted octanol–water partition coefficient (Wildman–Crippen LogP) is 1.33. The second-order valence-electron chi connectivity index (χ2n) is 3.91. The average Bonchev–Trinajstić information content (AvgIpc) is 2.35. The fourth-order valence-corrected chi connectivity index (χ4v) is 2.11. The minimum Gasteiger partial charge on any atom is -0.263 e. The molecule has 0 radical (unpaired) electrons. The molecule has 0 aromatic heterocycles. The molecule has 1 aromatic rings. The van der Waals surface area contributed by atoms with Crippen LogP contribution in [0.15, 0.2) is 35.7 Å². The van der Waals surface area contributed by atoms with Crippen LogP contribution in [0.3, 0.4) is 0 Å². The van der Waals surface area contributed by atoms with Gasteiger partial charge in [0.15, 0.2) is 0 Å². The lowest BCUT2D eigenvalue weighted by Crippen LogP contribution is -2.28. The molecule has 0 aliphatic heterocycles. The summed E-state index contributed by atoms with van der Waals surface area (Å²) in [5.41, 5.74) is -1.20. The highest BCUT2D eigenvalue weighted by molar-refractivity contribution is 5.39. The molecule has 1 aliphatic carbocycles. The maximum atomic E-state index is 11.0. The maximum Gasteiger partial charge on any atom is 0.396 e. The molecular weight excluding hydrogens is 258 g/mol. The first-order valence-corrected chi connectivity index (χ1v) is 5.16. The van der Waals surface area contributed by atoms with E-state index in [0.29, 0.717) is 5.56 Å². The molecule has 0 spiro atoms. The van der Waals surface area contributed by atoms with Crippen molar-refractivity contribution in [2.45, 2.75) is 12.5 Å². The molecule has 1 unspecified atom stereocenters. The number of hydrogen-bond acceptors (Lipinski definition) is 6. The summed E-state index contributed by atoms with van der Waals surface area (Å²) in [6.45, 7) is 0. The maximum absolute atomic E-state index is 11.0. The molecule has 0 heterocycles. The van der Waals surface area contributed by atoms with Crippen LogP contribution in [0.1, 0.15) is 17.2 Å². The molecule has 0 fully saturated rings. The Bertz CT molecular complexity index is 623. The van der Waals surface area contributed by atoms with E-state index in [0.717, 1.165) is 0 Å². The van der Waals surface area contributed by atoms with Gasteiger partial charge in [-0.05, 0) is 5.56 Å². The summed E-state index contributed by atoms with van der Waals surface area (Å²) >= 11 is 0. The van der Waals surface area contributed by atoms with Crippen molar-refractivity contribution in [1.29, 1.82) is 0 Å². The Morgan fingerprint density at radius 1 is 1.00 bits per heavy atom. The summed E-state index contributed by atoms with van der Waals surface area (Å²) in [6.07, 6.45) is -0.288. The van der Waals surface area contributed by atoms with Crippen molar-refractivity contribution in [2.75, 3.05) is 0 Å². The number of hydrogen-bond donors (Lipinski definition) is 0. The topological polar surface area (TPSA) is 129 Å². The zero-order valence-corrected chi connectivity index (χ0v) is 9.38. The quantitative estimate of drug-likeness (QED) is 0.598. The van der Waals surface area contributed by atoms with E-state index in [1.54, 1.807) is 6.07 Å². The minimum atomic E-state index is -1.81. The standard InChI is InChI=1S/C10H7N3O6/c14-11(15)8-5-6-3-1-2-4-7(6)9(12(16)17)10(8)13(18)19/h1-4,9H,5H2. The van der Waals surface area contributed by atoms with Gasteiger partial charge >= 0.3 is 17.4 Å². The third-order valence-electron chi connectivity index (χ3n) is 2.89. The molecule has 0 bridgehead atoms. The van der Waals surface area contributed by atoms with Crippen LogP contribution in [0, 0.1) is 30.3 Å². The Hall–Kier alpha value is -2.84. The first-order valence-electron chi connectivity index (χ1n) is 5.16. The van der Waals surface area contributed by atoms with Gasteiger partial charge in [0.25, 0.3) is 0 Å². The highest BCUT2D eigenvalue weighted by Gasteiger charge is 2.49. The highest BCUT2D eigenvalue weighted by Crippen LogP contribution is 2.36. The Morgan fingerprint density at radius 2 is 1.63 bits per heavy atom. The van der Waals surface area contributed by atoms with Gasteiger partial charge in [0.05, 0.1) is 16.3 Å². The summed E-state index contributed by atoms with van der Waals surface area (Å²) in [4.78, 5) is 30.0. The van der Waals surface area contributed by atoms with Crippen LogP contribution in [-0.4, -0.2) is 14.8 Å². The van der Waals surface area contributed by atoms with Crippen LogP contribution < -0.4 is 0 Å². The molecule has 0 saturated heterocycles. The smallest absolute Gasteiger partial charge is 0.263 e. The lowest BCUT2D eigenvalue weighted by molar-refractivity contribution is -0.571. The van der Waals surface area contributed by atoms with Crippen LogP contribution >= 0.6 is 0 Å². The number of allylic oxidation sites excluding steroid dienone is 1. The lowest BCUT2D eigenvalue weighted by Gasteiger charge is -2.16. The van der Waals surface area contributed by atoms with E-state index in [4.69, 9.17) is 0 Å². The summed E-state index contributed by atoms with van der Waals surface area (Å²) in [5, 5.41) is 32.8. The number of benzene rings is 1. The van der Waals surface area contributed by atoms with E-state index in [1.807, 2.05) is 0 Å². The summed E-state index contributed by atoms with van der Waals surface area (Å²) in [6, 6.07) is 4.14. The van der Waals surface area contributed by atoms with Crippen LogP contribution in [-0.2, 0) is 6.42 Å². The zero-order valence-electron chi connectivity index (χ0n) is 9.38. The summed E-state index contributed by atoms with van der Waals surface area (Å²) in [7, 11) is 0. The molecule has 2 rings (SSSR count). The molecule has 19 heavy (non-hydrogen) atoms. The number of rotatable bonds is 3. The van der Waals surface area contributed by atoms with Gasteiger partial charge in [-0.25, -0.2) is 0 Å². The largest absolute Gasteiger partial charge is 0.396 e. The van der Waals surface area contributed by atoms with Crippen molar-refractivity contribution in [3.63, 3.8) is 0 Å². The first kappa shape index (κ1) is 12.6. The van der Waals surface area contributed by atoms with Gasteiger partial charge in [-0.15, -0.1) is 0 Å². The molecule has 1 aliphatic rings. The average molecular weight is 265 g/mol. The normalized spacial score (nSPS) is 17.8. The van der Waals surface area contributed by atoms with Crippen LogP contribution in [0.25, 0.3) is 0 Å². The molecule has 1 atom stereocenters. The Labute approximate surface area is 105 Å². The molecule has 98 valence electrons. The molecule has 1 aromatic carbocycles. The van der Waals surface area contributed by atoms with E-state index < -0.39 is 32.2 Å². The second-order valence-corrected chi connectivity index (χ2v) is 3.91. The SMILES string of the molecule is O=[N+]([O-])C1=C([N+](=O)[O-])C([N+](=O)[O-])c2ccccc2C1. The third-order valence-corrected chi connectivity index (χ3v) is 2.89. The van der Waals surface area contributed by atoms with Crippen molar-refractivity contribution < 1.29 is 14.8 Å². The van der Waals surface area contributed by atoms with Gasteiger partial charge in [0.2, 0.25) is 0 Å². The van der Waals surface area contributed by atoms with Crippen LogP contribution in [0.2, 0.25) is 0 Å². The molecule has 0 amide bonds. The van der Waals surface area contributed by atoms with Crippen LogP contribution in [0.4, 0.5) is 0 Å². The molecular formula is C10H7N3O6. The van der Waals surface area contributed by atoms with Gasteiger partial charge in [-0.1, -0.05) is 24.3 Å². The predicted molar refractivity (Wildman–Crippen MR) is 60.9 cm³/mol. The number of fused-ring (bicyclic) bond motifs is 1. The van der Waals surface area contributed by atoms with Crippen molar-refractivity contribution in [2.24, 2.45) is 0 Å². The van der Waals surface area contributed by atoms with Crippen molar-refractivity contribution in [3.8, 4) is 0 Å². The van der Waals surface area contributed by atoms with E-state index in [-0.39, 0.29) is 12.0 Å².